The van der Waals surface area contributed by atoms with Gasteiger partial charge in [0.1, 0.15) is 12.1 Å². The van der Waals surface area contributed by atoms with Crippen LogP contribution in [0.4, 0.5) is 0 Å². The third kappa shape index (κ3) is 5.02. The van der Waals surface area contributed by atoms with E-state index < -0.39 is 17.6 Å². The van der Waals surface area contributed by atoms with E-state index in [1.165, 1.54) is 5.39 Å². The van der Waals surface area contributed by atoms with E-state index in [4.69, 9.17) is 10.5 Å². The fourth-order valence-corrected chi connectivity index (χ4v) is 4.36. The highest BCUT2D eigenvalue weighted by Gasteiger charge is 2.32. The second kappa shape index (κ2) is 7.90. The topological polar surface area (TPSA) is 72.6 Å². The van der Waals surface area contributed by atoms with Gasteiger partial charge >= 0.3 is 5.97 Å². The number of rotatable bonds is 3. The zero-order valence-electron chi connectivity index (χ0n) is 16.0. The van der Waals surface area contributed by atoms with Gasteiger partial charge < -0.3 is 15.4 Å². The highest BCUT2D eigenvalue weighted by molar-refractivity contribution is 7.99. The number of esters is 1. The molecule has 1 heterocycles. The monoisotopic (exact) mass is 386 g/mol. The quantitative estimate of drug-likeness (QED) is 0.821. The summed E-state index contributed by atoms with van der Waals surface area (Å²) in [6, 6.07) is 13.9. The summed E-state index contributed by atoms with van der Waals surface area (Å²) in [6.07, 6.45) is 0. The Balaban J connectivity index is 1.81. The second-order valence-electron chi connectivity index (χ2n) is 7.84. The smallest absolute Gasteiger partial charge is 0.326 e. The Kier molecular flexibility index (Phi) is 5.77. The van der Waals surface area contributed by atoms with Gasteiger partial charge in [-0.1, -0.05) is 36.4 Å². The lowest BCUT2D eigenvalue weighted by atomic mass is 10.0. The molecule has 2 aromatic rings. The molecule has 2 unspecified atom stereocenters. The van der Waals surface area contributed by atoms with E-state index >= 15 is 0 Å². The van der Waals surface area contributed by atoms with Gasteiger partial charge in [0.05, 0.1) is 6.04 Å². The van der Waals surface area contributed by atoms with E-state index in [1.807, 2.05) is 32.9 Å². The number of hydrogen-bond donors (Lipinski definition) is 1. The molecule has 0 aliphatic carbocycles. The van der Waals surface area contributed by atoms with Crippen molar-refractivity contribution in [3.63, 3.8) is 0 Å². The van der Waals surface area contributed by atoms with Crippen LogP contribution in [0.5, 0.6) is 0 Å². The van der Waals surface area contributed by atoms with Crippen LogP contribution in [0.3, 0.4) is 0 Å². The molecule has 3 rings (SSSR count). The lowest BCUT2D eigenvalue weighted by Crippen LogP contribution is -2.47. The van der Waals surface area contributed by atoms with Crippen LogP contribution in [0.25, 0.3) is 10.8 Å². The Morgan fingerprint density at radius 3 is 2.63 bits per heavy atom. The minimum Gasteiger partial charge on any atom is -0.459 e. The van der Waals surface area contributed by atoms with Gasteiger partial charge in [0, 0.05) is 17.5 Å². The largest absolute Gasteiger partial charge is 0.459 e. The zero-order valence-corrected chi connectivity index (χ0v) is 16.8. The van der Waals surface area contributed by atoms with Crippen molar-refractivity contribution in [3.8, 4) is 0 Å². The van der Waals surface area contributed by atoms with Crippen LogP contribution in [0, 0.1) is 0 Å². The first-order valence-electron chi connectivity index (χ1n) is 9.09. The van der Waals surface area contributed by atoms with Crippen LogP contribution >= 0.6 is 11.8 Å². The van der Waals surface area contributed by atoms with Crippen molar-refractivity contribution in [1.29, 1.82) is 0 Å². The zero-order chi connectivity index (χ0) is 19.6. The fraction of sp³-hybridized carbons (Fsp3) is 0.429. The van der Waals surface area contributed by atoms with Crippen molar-refractivity contribution < 1.29 is 14.3 Å². The number of amides is 1. The van der Waals surface area contributed by atoms with Gasteiger partial charge in [-0.25, -0.2) is 0 Å². The van der Waals surface area contributed by atoms with Crippen molar-refractivity contribution in [2.45, 2.75) is 37.7 Å². The van der Waals surface area contributed by atoms with Gasteiger partial charge in [-0.15, -0.1) is 11.8 Å². The molecule has 2 atom stereocenters. The fourth-order valence-electron chi connectivity index (χ4n) is 3.15. The van der Waals surface area contributed by atoms with Gasteiger partial charge in [-0.3, -0.25) is 9.59 Å². The summed E-state index contributed by atoms with van der Waals surface area (Å²) in [5, 5.41) is 2.40. The van der Waals surface area contributed by atoms with E-state index in [9.17, 15) is 9.59 Å². The van der Waals surface area contributed by atoms with Crippen LogP contribution in [0.15, 0.2) is 42.5 Å². The van der Waals surface area contributed by atoms with Crippen LogP contribution in [0.2, 0.25) is 0 Å². The third-order valence-corrected chi connectivity index (χ3v) is 5.75. The molecular weight excluding hydrogens is 360 g/mol. The summed E-state index contributed by atoms with van der Waals surface area (Å²) in [6.45, 7) is 5.81. The van der Waals surface area contributed by atoms with Crippen molar-refractivity contribution >= 4 is 34.4 Å². The molecular formula is C21H26N2O3S. The highest BCUT2D eigenvalue weighted by atomic mass is 32.2. The van der Waals surface area contributed by atoms with Crippen LogP contribution in [-0.4, -0.2) is 47.3 Å². The first-order chi connectivity index (χ1) is 12.7. The second-order valence-corrected chi connectivity index (χ2v) is 9.08. The average molecular weight is 387 g/mol. The normalized spacial score (nSPS) is 21.2. The Bertz CT molecular complexity index is 847. The molecule has 2 aromatic carbocycles. The molecule has 5 nitrogen and oxygen atoms in total. The molecule has 144 valence electrons. The number of nitrogens with two attached hydrogens (primary N) is 1. The minimum atomic E-state index is -0.608. The predicted octanol–water partition coefficient (Wildman–Crippen LogP) is 3.13. The first kappa shape index (κ1) is 19.7. The Morgan fingerprint density at radius 1 is 1.22 bits per heavy atom. The lowest BCUT2D eigenvalue weighted by molar-refractivity contribution is -0.159. The number of carbonyl (C=O) groups excluding carboxylic acids is 2. The Labute approximate surface area is 164 Å². The number of nitrogens with zero attached hydrogens (tertiary/aromatic N) is 1. The molecule has 0 radical (unpaired) electrons. The number of ether oxygens (including phenoxy) is 1. The lowest BCUT2D eigenvalue weighted by Gasteiger charge is -2.27. The summed E-state index contributed by atoms with van der Waals surface area (Å²) in [5.41, 5.74) is 6.59. The molecule has 0 spiro atoms. The molecule has 2 N–H and O–H groups in total. The Hall–Kier alpha value is -2.05. The maximum absolute atomic E-state index is 12.6. The molecule has 1 aliphatic heterocycles. The summed E-state index contributed by atoms with van der Waals surface area (Å²) >= 11 is 1.66. The molecule has 1 amide bonds. The SMILES string of the molecule is CC(C)(C)OC(=O)CN1CC(c2ccc3ccccc3c2)SCC(N)C1=O. The molecule has 0 saturated carbocycles. The summed E-state index contributed by atoms with van der Waals surface area (Å²) in [5.74, 6) is -0.0786. The number of hydrogen-bond acceptors (Lipinski definition) is 5. The molecule has 0 aromatic heterocycles. The standard InChI is InChI=1S/C21H26N2O3S/c1-21(2,3)26-19(24)12-23-11-18(27-13-17(22)20(23)25)16-9-8-14-6-4-5-7-15(14)10-16/h4-10,17-18H,11-13,22H2,1-3H3. The number of thioether (sulfide) groups is 1. The van der Waals surface area contributed by atoms with E-state index in [0.717, 1.165) is 10.9 Å². The first-order valence-corrected chi connectivity index (χ1v) is 10.1. The Morgan fingerprint density at radius 2 is 1.93 bits per heavy atom. The van der Waals surface area contributed by atoms with Gasteiger partial charge in [0.2, 0.25) is 5.91 Å². The number of benzene rings is 2. The summed E-state index contributed by atoms with van der Waals surface area (Å²) < 4.78 is 5.38. The van der Waals surface area contributed by atoms with E-state index in [1.54, 1.807) is 16.7 Å². The molecule has 0 bridgehead atoms. The van der Waals surface area contributed by atoms with Gasteiger partial charge in [0.25, 0.3) is 0 Å². The highest BCUT2D eigenvalue weighted by Crippen LogP contribution is 2.34. The number of fused-ring (bicyclic) bond motifs is 1. The molecule has 6 heteroatoms. The van der Waals surface area contributed by atoms with E-state index in [0.29, 0.717) is 12.3 Å². The third-order valence-electron chi connectivity index (χ3n) is 4.38. The van der Waals surface area contributed by atoms with Crippen molar-refractivity contribution in [1.82, 2.24) is 4.90 Å². The van der Waals surface area contributed by atoms with Gasteiger partial charge in [0.15, 0.2) is 0 Å². The molecule has 27 heavy (non-hydrogen) atoms. The maximum atomic E-state index is 12.6. The van der Waals surface area contributed by atoms with Gasteiger partial charge in [-0.05, 0) is 43.2 Å². The number of carbonyl (C=O) groups is 2. The molecule has 1 fully saturated rings. The van der Waals surface area contributed by atoms with E-state index in [-0.39, 0.29) is 17.7 Å². The van der Waals surface area contributed by atoms with Gasteiger partial charge in [-0.2, -0.15) is 0 Å². The van der Waals surface area contributed by atoms with Crippen LogP contribution in [0.1, 0.15) is 31.6 Å². The minimum absolute atomic E-state index is 0.0644. The van der Waals surface area contributed by atoms with E-state index in [2.05, 4.69) is 30.3 Å². The van der Waals surface area contributed by atoms with Crippen molar-refractivity contribution in [2.75, 3.05) is 18.8 Å². The summed E-state index contributed by atoms with van der Waals surface area (Å²) in [7, 11) is 0. The predicted molar refractivity (Wildman–Crippen MR) is 110 cm³/mol. The van der Waals surface area contributed by atoms with Crippen LogP contribution in [-0.2, 0) is 14.3 Å². The molecule has 1 saturated heterocycles. The van der Waals surface area contributed by atoms with Crippen molar-refractivity contribution in [2.24, 2.45) is 5.73 Å². The average Bonchev–Trinajstić information content (AvgIpc) is 2.73. The van der Waals surface area contributed by atoms with Crippen LogP contribution < -0.4 is 5.73 Å². The maximum Gasteiger partial charge on any atom is 0.326 e. The van der Waals surface area contributed by atoms with Crippen molar-refractivity contribution in [3.05, 3.63) is 48.0 Å². The molecule has 1 aliphatic rings. The summed E-state index contributed by atoms with van der Waals surface area (Å²) in [4.78, 5) is 26.4.